The summed E-state index contributed by atoms with van der Waals surface area (Å²) in [5.74, 6) is 0. The van der Waals surface area contributed by atoms with E-state index < -0.39 is 21.6 Å². The van der Waals surface area contributed by atoms with Crippen molar-refractivity contribution in [1.82, 2.24) is 0 Å². The minimum absolute atomic E-state index is 0.432. The van der Waals surface area contributed by atoms with Crippen LogP contribution in [0.3, 0.4) is 0 Å². The Labute approximate surface area is 126 Å². The molecular formula is C16H34OSn. The Kier molecular flexibility index (Phi) is 18.5. The SMILES string of the molecule is CCCCCCCC[O][Sn][CH2]CCCCCCC. The van der Waals surface area contributed by atoms with Crippen molar-refractivity contribution in [3.05, 3.63) is 0 Å². The van der Waals surface area contributed by atoms with Crippen LogP contribution in [0.15, 0.2) is 0 Å². The van der Waals surface area contributed by atoms with E-state index >= 15 is 0 Å². The molecule has 0 bridgehead atoms. The second kappa shape index (κ2) is 17.8. The zero-order valence-corrected chi connectivity index (χ0v) is 15.7. The van der Waals surface area contributed by atoms with Gasteiger partial charge in [0.05, 0.1) is 0 Å². The third-order valence-electron chi connectivity index (χ3n) is 3.33. The van der Waals surface area contributed by atoms with Crippen LogP contribution >= 0.6 is 0 Å². The molecule has 108 valence electrons. The molecule has 0 amide bonds. The van der Waals surface area contributed by atoms with Crippen molar-refractivity contribution in [2.75, 3.05) is 6.61 Å². The Balaban J connectivity index is 2.86. The summed E-state index contributed by atoms with van der Waals surface area (Å²) in [5.41, 5.74) is 0. The van der Waals surface area contributed by atoms with Crippen LogP contribution in [0.2, 0.25) is 4.44 Å². The molecule has 0 fully saturated rings. The Morgan fingerprint density at radius 2 is 1.11 bits per heavy atom. The van der Waals surface area contributed by atoms with Crippen LogP contribution in [0.4, 0.5) is 0 Å². The van der Waals surface area contributed by atoms with Gasteiger partial charge in [-0.3, -0.25) is 0 Å². The Morgan fingerprint density at radius 1 is 0.611 bits per heavy atom. The van der Waals surface area contributed by atoms with E-state index in [-0.39, 0.29) is 0 Å². The van der Waals surface area contributed by atoms with E-state index in [0.29, 0.717) is 0 Å². The molecule has 0 N–H and O–H groups in total. The summed E-state index contributed by atoms with van der Waals surface area (Å²) in [7, 11) is 0. The first kappa shape index (κ1) is 18.8. The van der Waals surface area contributed by atoms with Gasteiger partial charge in [-0.25, -0.2) is 0 Å². The minimum atomic E-state index is -0.432. The molecule has 0 aliphatic heterocycles. The van der Waals surface area contributed by atoms with Crippen molar-refractivity contribution in [1.29, 1.82) is 0 Å². The summed E-state index contributed by atoms with van der Waals surface area (Å²) >= 11 is -0.432. The van der Waals surface area contributed by atoms with Gasteiger partial charge in [-0.15, -0.1) is 0 Å². The molecule has 0 aromatic rings. The molecule has 0 rings (SSSR count). The molecular weight excluding hydrogens is 327 g/mol. The average Bonchev–Trinajstić information content (AvgIpc) is 2.39. The topological polar surface area (TPSA) is 9.23 Å². The Morgan fingerprint density at radius 3 is 1.72 bits per heavy atom. The third-order valence-corrected chi connectivity index (χ3v) is 6.09. The Hall–Kier alpha value is 0.759. The van der Waals surface area contributed by atoms with Gasteiger partial charge in [0.25, 0.3) is 0 Å². The molecule has 18 heavy (non-hydrogen) atoms. The van der Waals surface area contributed by atoms with Gasteiger partial charge < -0.3 is 0 Å². The van der Waals surface area contributed by atoms with E-state index in [1.807, 2.05) is 0 Å². The molecule has 2 heteroatoms. The fourth-order valence-corrected chi connectivity index (χ4v) is 4.44. The van der Waals surface area contributed by atoms with Crippen molar-refractivity contribution >= 4 is 21.6 Å². The van der Waals surface area contributed by atoms with Gasteiger partial charge in [0.1, 0.15) is 0 Å². The molecule has 0 unspecified atom stereocenters. The standard InChI is InChI=1S/C8H17O.C8H17.Sn/c1-2-3-4-5-6-7-8-9;1-3-5-7-8-6-4-2;/h2-8H2,1H3;1,3-8H2,2H3;/q-1;;+1. The summed E-state index contributed by atoms with van der Waals surface area (Å²) < 4.78 is 7.27. The molecule has 0 heterocycles. The summed E-state index contributed by atoms with van der Waals surface area (Å²) in [6.07, 6.45) is 16.9. The second-order valence-corrected chi connectivity index (χ2v) is 8.35. The van der Waals surface area contributed by atoms with Crippen LogP contribution in [0.1, 0.15) is 90.9 Å². The predicted molar refractivity (Wildman–Crippen MR) is 83.3 cm³/mol. The van der Waals surface area contributed by atoms with Gasteiger partial charge in [0, 0.05) is 0 Å². The fraction of sp³-hybridized carbons (Fsp3) is 1.00. The molecule has 0 saturated heterocycles. The van der Waals surface area contributed by atoms with E-state index in [1.165, 1.54) is 81.5 Å². The van der Waals surface area contributed by atoms with Crippen molar-refractivity contribution in [3.63, 3.8) is 0 Å². The van der Waals surface area contributed by atoms with Gasteiger partial charge in [0.2, 0.25) is 0 Å². The first-order valence-corrected chi connectivity index (χ1v) is 11.4. The van der Waals surface area contributed by atoms with Crippen LogP contribution in [0, 0.1) is 0 Å². The average molecular weight is 361 g/mol. The maximum atomic E-state index is 5.84. The quantitative estimate of drug-likeness (QED) is 0.266. The molecule has 0 aromatic heterocycles. The van der Waals surface area contributed by atoms with E-state index in [0.717, 1.165) is 6.61 Å². The van der Waals surface area contributed by atoms with Crippen molar-refractivity contribution in [2.45, 2.75) is 95.3 Å². The van der Waals surface area contributed by atoms with Crippen molar-refractivity contribution in [2.24, 2.45) is 0 Å². The number of hydrogen-bond acceptors (Lipinski definition) is 1. The number of rotatable bonds is 15. The number of unbranched alkanes of at least 4 members (excludes halogenated alkanes) is 10. The monoisotopic (exact) mass is 362 g/mol. The van der Waals surface area contributed by atoms with Crippen LogP contribution in [0.25, 0.3) is 0 Å². The van der Waals surface area contributed by atoms with Gasteiger partial charge >= 0.3 is 127 Å². The third kappa shape index (κ3) is 16.8. The van der Waals surface area contributed by atoms with Gasteiger partial charge in [-0.2, -0.15) is 0 Å². The molecule has 0 saturated carbocycles. The van der Waals surface area contributed by atoms with Crippen molar-refractivity contribution < 1.29 is 3.07 Å². The van der Waals surface area contributed by atoms with Crippen LogP contribution < -0.4 is 0 Å². The maximum absolute atomic E-state index is 5.84. The van der Waals surface area contributed by atoms with Crippen LogP contribution in [-0.2, 0) is 3.07 Å². The van der Waals surface area contributed by atoms with E-state index in [1.54, 1.807) is 0 Å². The van der Waals surface area contributed by atoms with Gasteiger partial charge in [0.15, 0.2) is 0 Å². The molecule has 1 nitrogen and oxygen atoms in total. The molecule has 0 atom stereocenters. The van der Waals surface area contributed by atoms with Gasteiger partial charge in [-0.1, -0.05) is 0 Å². The van der Waals surface area contributed by atoms with Crippen LogP contribution in [-0.4, -0.2) is 28.2 Å². The molecule has 0 aliphatic rings. The summed E-state index contributed by atoms with van der Waals surface area (Å²) in [6.45, 7) is 5.62. The first-order valence-electron chi connectivity index (χ1n) is 8.26. The van der Waals surface area contributed by atoms with E-state index in [2.05, 4.69) is 13.8 Å². The normalized spacial score (nSPS) is 11.0. The fourth-order valence-electron chi connectivity index (χ4n) is 2.08. The zero-order chi connectivity index (χ0) is 13.3. The number of hydrogen-bond donors (Lipinski definition) is 0. The summed E-state index contributed by atoms with van der Waals surface area (Å²) in [5, 5.41) is 0. The predicted octanol–water partition coefficient (Wildman–Crippen LogP) is 5.76. The zero-order valence-electron chi connectivity index (χ0n) is 12.8. The summed E-state index contributed by atoms with van der Waals surface area (Å²) in [4.78, 5) is 0. The second-order valence-electron chi connectivity index (χ2n) is 5.28. The van der Waals surface area contributed by atoms with E-state index in [4.69, 9.17) is 3.07 Å². The Bertz CT molecular complexity index is 123. The molecule has 0 spiro atoms. The molecule has 2 radical (unpaired) electrons. The molecule has 0 aliphatic carbocycles. The van der Waals surface area contributed by atoms with E-state index in [9.17, 15) is 0 Å². The van der Waals surface area contributed by atoms with Crippen LogP contribution in [0.5, 0.6) is 0 Å². The molecule has 0 aromatic carbocycles. The summed E-state index contributed by atoms with van der Waals surface area (Å²) in [6, 6.07) is 0. The van der Waals surface area contributed by atoms with Crippen molar-refractivity contribution in [3.8, 4) is 0 Å². The van der Waals surface area contributed by atoms with Gasteiger partial charge in [-0.05, 0) is 0 Å². The first-order chi connectivity index (χ1) is 8.91.